The van der Waals surface area contributed by atoms with Crippen molar-refractivity contribution in [3.63, 3.8) is 0 Å². The number of nitrogen functional groups attached to an aromatic ring is 1. The first-order valence-corrected chi connectivity index (χ1v) is 5.64. The van der Waals surface area contributed by atoms with Gasteiger partial charge in [-0.1, -0.05) is 18.2 Å². The number of ether oxygens (including phenoxy) is 1. The third-order valence-electron chi connectivity index (χ3n) is 2.76. The Kier molecular flexibility index (Phi) is 3.33. The molecule has 98 valence electrons. The van der Waals surface area contributed by atoms with Crippen molar-refractivity contribution < 1.29 is 9.66 Å². The Morgan fingerprint density at radius 3 is 2.47 bits per heavy atom. The van der Waals surface area contributed by atoms with Crippen LogP contribution in [-0.4, -0.2) is 9.91 Å². The van der Waals surface area contributed by atoms with E-state index in [1.807, 2.05) is 6.07 Å². The molecule has 0 saturated carbocycles. The molecule has 2 aromatic rings. The van der Waals surface area contributed by atoms with E-state index in [-0.39, 0.29) is 11.6 Å². The van der Waals surface area contributed by atoms with Crippen molar-refractivity contribution in [2.75, 3.05) is 5.73 Å². The van der Waals surface area contributed by atoms with Gasteiger partial charge in [-0.3, -0.25) is 10.1 Å². The lowest BCUT2D eigenvalue weighted by Gasteiger charge is -2.10. The average molecular weight is 259 g/mol. The lowest BCUT2D eigenvalue weighted by Crippen LogP contribution is -2.04. The zero-order chi connectivity index (χ0) is 14.0. The molecule has 0 saturated heterocycles. The molecule has 0 atom stereocenters. The summed E-state index contributed by atoms with van der Waals surface area (Å²) in [4.78, 5) is 14.7. The number of hydrogen-bond donors (Lipinski definition) is 1. The van der Waals surface area contributed by atoms with Crippen LogP contribution < -0.4 is 10.5 Å². The topological polar surface area (TPSA) is 91.3 Å². The molecule has 1 heterocycles. The highest BCUT2D eigenvalue weighted by atomic mass is 16.6. The molecule has 2 N–H and O–H groups in total. The Balaban J connectivity index is 2.53. The predicted molar refractivity (Wildman–Crippen MR) is 71.3 cm³/mol. The number of benzene rings is 1. The van der Waals surface area contributed by atoms with Gasteiger partial charge in [0.1, 0.15) is 5.75 Å². The number of aromatic nitrogens is 1. The predicted octanol–water partition coefficient (Wildman–Crippen LogP) is 2.98. The summed E-state index contributed by atoms with van der Waals surface area (Å²) in [5.74, 6) is 0.446. The summed E-state index contributed by atoms with van der Waals surface area (Å²) in [6.07, 6.45) is 0. The van der Waals surface area contributed by atoms with E-state index in [9.17, 15) is 10.1 Å². The van der Waals surface area contributed by atoms with Crippen LogP contribution in [0.5, 0.6) is 11.6 Å². The van der Waals surface area contributed by atoms with E-state index in [1.165, 1.54) is 0 Å². The molecule has 1 aromatic carbocycles. The monoisotopic (exact) mass is 259 g/mol. The highest BCUT2D eigenvalue weighted by Crippen LogP contribution is 2.36. The van der Waals surface area contributed by atoms with Gasteiger partial charge in [-0.05, 0) is 26.0 Å². The maximum absolute atomic E-state index is 11.1. The summed E-state index contributed by atoms with van der Waals surface area (Å²) in [7, 11) is 0. The summed E-state index contributed by atoms with van der Waals surface area (Å²) in [6.45, 7) is 3.27. The van der Waals surface area contributed by atoms with Gasteiger partial charge in [0.15, 0.2) is 0 Å². The highest BCUT2D eigenvalue weighted by molar-refractivity contribution is 5.63. The minimum atomic E-state index is -0.531. The van der Waals surface area contributed by atoms with Crippen LogP contribution in [0.25, 0.3) is 0 Å². The van der Waals surface area contributed by atoms with Crippen molar-refractivity contribution in [3.8, 4) is 11.6 Å². The summed E-state index contributed by atoms with van der Waals surface area (Å²) in [6, 6.07) is 8.78. The van der Waals surface area contributed by atoms with Gasteiger partial charge in [-0.15, -0.1) is 0 Å². The number of anilines is 1. The molecule has 19 heavy (non-hydrogen) atoms. The van der Waals surface area contributed by atoms with Gasteiger partial charge >= 0.3 is 5.69 Å². The Hall–Kier alpha value is -2.63. The Morgan fingerprint density at radius 1 is 1.26 bits per heavy atom. The molecule has 0 aliphatic rings. The number of pyridine rings is 1. The van der Waals surface area contributed by atoms with Gasteiger partial charge in [0.05, 0.1) is 21.9 Å². The van der Waals surface area contributed by atoms with E-state index in [4.69, 9.17) is 10.5 Å². The molecule has 0 aliphatic heterocycles. The SMILES string of the molecule is Cc1nc(Oc2ccccc2)c([N+](=O)[O-])c(C)c1N. The molecule has 0 aliphatic carbocycles. The lowest BCUT2D eigenvalue weighted by atomic mass is 10.1. The second kappa shape index (κ2) is 4.93. The molecular weight excluding hydrogens is 246 g/mol. The van der Waals surface area contributed by atoms with E-state index in [0.717, 1.165) is 0 Å². The van der Waals surface area contributed by atoms with Crippen LogP contribution in [0.2, 0.25) is 0 Å². The summed E-state index contributed by atoms with van der Waals surface area (Å²) < 4.78 is 5.48. The van der Waals surface area contributed by atoms with Gasteiger partial charge in [-0.2, -0.15) is 0 Å². The van der Waals surface area contributed by atoms with Gasteiger partial charge in [0.25, 0.3) is 5.88 Å². The Bertz CT molecular complexity index is 627. The largest absolute Gasteiger partial charge is 0.434 e. The van der Waals surface area contributed by atoms with Crippen LogP contribution in [0, 0.1) is 24.0 Å². The zero-order valence-corrected chi connectivity index (χ0v) is 10.6. The van der Waals surface area contributed by atoms with Crippen molar-refractivity contribution in [1.82, 2.24) is 4.98 Å². The molecule has 0 radical (unpaired) electrons. The summed E-state index contributed by atoms with van der Waals surface area (Å²) in [5.41, 5.74) is 6.74. The van der Waals surface area contributed by atoms with Crippen LogP contribution in [-0.2, 0) is 0 Å². The average Bonchev–Trinajstić information content (AvgIpc) is 2.37. The number of para-hydroxylation sites is 1. The van der Waals surface area contributed by atoms with Crippen LogP contribution in [0.3, 0.4) is 0 Å². The second-order valence-electron chi connectivity index (χ2n) is 4.06. The van der Waals surface area contributed by atoms with E-state index in [0.29, 0.717) is 22.7 Å². The van der Waals surface area contributed by atoms with E-state index >= 15 is 0 Å². The third-order valence-corrected chi connectivity index (χ3v) is 2.76. The number of rotatable bonds is 3. The smallest absolute Gasteiger partial charge is 0.336 e. The first-order chi connectivity index (χ1) is 9.00. The molecule has 0 fully saturated rings. The quantitative estimate of drug-likeness (QED) is 0.675. The molecule has 6 heteroatoms. The summed E-state index contributed by atoms with van der Waals surface area (Å²) >= 11 is 0. The fraction of sp³-hybridized carbons (Fsp3) is 0.154. The van der Waals surface area contributed by atoms with Crippen molar-refractivity contribution >= 4 is 11.4 Å². The first-order valence-electron chi connectivity index (χ1n) is 5.64. The lowest BCUT2D eigenvalue weighted by molar-refractivity contribution is -0.386. The standard InChI is InChI=1S/C13H13N3O3/c1-8-11(14)9(2)15-13(12(8)16(17)18)19-10-6-4-3-5-7-10/h3-7H,14H2,1-2H3. The summed E-state index contributed by atoms with van der Waals surface area (Å²) in [5, 5.41) is 11.1. The van der Waals surface area contributed by atoms with Crippen LogP contribution >= 0.6 is 0 Å². The van der Waals surface area contributed by atoms with Crippen molar-refractivity contribution in [3.05, 3.63) is 51.7 Å². The number of nitro groups is 1. The molecule has 0 spiro atoms. The third kappa shape index (κ3) is 2.47. The van der Waals surface area contributed by atoms with Crippen molar-refractivity contribution in [2.45, 2.75) is 13.8 Å². The van der Waals surface area contributed by atoms with E-state index in [1.54, 1.807) is 38.1 Å². The van der Waals surface area contributed by atoms with Crippen LogP contribution in [0.15, 0.2) is 30.3 Å². The van der Waals surface area contributed by atoms with Gasteiger partial charge in [0, 0.05) is 0 Å². The van der Waals surface area contributed by atoms with Crippen molar-refractivity contribution in [2.24, 2.45) is 0 Å². The van der Waals surface area contributed by atoms with Gasteiger partial charge < -0.3 is 10.5 Å². The number of hydrogen-bond acceptors (Lipinski definition) is 5. The zero-order valence-electron chi connectivity index (χ0n) is 10.6. The number of aryl methyl sites for hydroxylation is 1. The van der Waals surface area contributed by atoms with Crippen LogP contribution in [0.1, 0.15) is 11.3 Å². The van der Waals surface area contributed by atoms with E-state index < -0.39 is 4.92 Å². The molecular formula is C13H13N3O3. The maximum atomic E-state index is 11.1. The fourth-order valence-corrected chi connectivity index (χ4v) is 1.71. The second-order valence-corrected chi connectivity index (χ2v) is 4.06. The normalized spacial score (nSPS) is 10.2. The number of nitrogens with two attached hydrogens (primary N) is 1. The molecule has 1 aromatic heterocycles. The minimum absolute atomic E-state index is 0.0413. The van der Waals surface area contributed by atoms with Crippen LogP contribution in [0.4, 0.5) is 11.4 Å². The van der Waals surface area contributed by atoms with Crippen molar-refractivity contribution in [1.29, 1.82) is 0 Å². The first kappa shape index (κ1) is 12.8. The fourth-order valence-electron chi connectivity index (χ4n) is 1.71. The minimum Gasteiger partial charge on any atom is -0.434 e. The van der Waals surface area contributed by atoms with E-state index in [2.05, 4.69) is 4.98 Å². The maximum Gasteiger partial charge on any atom is 0.336 e. The van der Waals surface area contributed by atoms with Gasteiger partial charge in [0.2, 0.25) is 0 Å². The molecule has 0 unspecified atom stereocenters. The molecule has 2 rings (SSSR count). The molecule has 6 nitrogen and oxygen atoms in total. The molecule has 0 amide bonds. The number of nitrogens with zero attached hydrogens (tertiary/aromatic N) is 2. The van der Waals surface area contributed by atoms with Gasteiger partial charge in [-0.25, -0.2) is 4.98 Å². The Labute approximate surface area is 110 Å². The Morgan fingerprint density at radius 2 is 1.89 bits per heavy atom. The molecule has 0 bridgehead atoms. The highest BCUT2D eigenvalue weighted by Gasteiger charge is 2.24.